The fraction of sp³-hybridized carbons (Fsp3) is 0.333. The highest BCUT2D eigenvalue weighted by Crippen LogP contribution is 2.09. The third-order valence-electron chi connectivity index (χ3n) is 1.99. The molecule has 0 bridgehead atoms. The minimum atomic E-state index is 0.357. The maximum atomic E-state index is 5.78. The van der Waals surface area contributed by atoms with Crippen LogP contribution in [0.3, 0.4) is 0 Å². The van der Waals surface area contributed by atoms with E-state index >= 15 is 0 Å². The second kappa shape index (κ2) is 5.70. The third kappa shape index (κ3) is 3.83. The molecule has 1 unspecified atom stereocenters. The highest BCUT2D eigenvalue weighted by atomic mass is 35.5. The SMILES string of the molecule is C#CCC(C)NCc1ccc(Cl)cc1. The number of terminal acetylenes is 1. The minimum absolute atomic E-state index is 0.357. The van der Waals surface area contributed by atoms with Crippen LogP contribution in [-0.4, -0.2) is 6.04 Å². The van der Waals surface area contributed by atoms with Gasteiger partial charge >= 0.3 is 0 Å². The molecule has 1 aromatic carbocycles. The lowest BCUT2D eigenvalue weighted by atomic mass is 10.2. The van der Waals surface area contributed by atoms with Gasteiger partial charge in [0.05, 0.1) is 0 Å². The number of hydrogen-bond donors (Lipinski definition) is 1. The summed E-state index contributed by atoms with van der Waals surface area (Å²) in [5, 5.41) is 4.10. The van der Waals surface area contributed by atoms with Gasteiger partial charge < -0.3 is 5.32 Å². The molecule has 0 saturated heterocycles. The molecule has 0 aliphatic carbocycles. The highest BCUT2D eigenvalue weighted by molar-refractivity contribution is 6.30. The van der Waals surface area contributed by atoms with Gasteiger partial charge in [-0.1, -0.05) is 23.7 Å². The van der Waals surface area contributed by atoms with Crippen LogP contribution in [0.25, 0.3) is 0 Å². The Kier molecular flexibility index (Phi) is 4.52. The van der Waals surface area contributed by atoms with Gasteiger partial charge in [0.15, 0.2) is 0 Å². The summed E-state index contributed by atoms with van der Waals surface area (Å²) in [5.74, 6) is 2.63. The molecule has 0 aliphatic heterocycles. The van der Waals surface area contributed by atoms with E-state index < -0.39 is 0 Å². The topological polar surface area (TPSA) is 12.0 Å². The zero-order valence-corrected chi connectivity index (χ0v) is 9.01. The molecule has 1 rings (SSSR count). The average molecular weight is 208 g/mol. The van der Waals surface area contributed by atoms with E-state index in [4.69, 9.17) is 18.0 Å². The Morgan fingerprint density at radius 3 is 2.64 bits per heavy atom. The lowest BCUT2D eigenvalue weighted by Gasteiger charge is -2.10. The van der Waals surface area contributed by atoms with E-state index in [1.54, 1.807) is 0 Å². The Morgan fingerprint density at radius 2 is 2.07 bits per heavy atom. The van der Waals surface area contributed by atoms with Gasteiger partial charge in [0.1, 0.15) is 0 Å². The molecule has 0 fully saturated rings. The quantitative estimate of drug-likeness (QED) is 0.749. The largest absolute Gasteiger partial charge is 0.309 e. The normalized spacial score (nSPS) is 12.1. The molecule has 14 heavy (non-hydrogen) atoms. The van der Waals surface area contributed by atoms with Crippen molar-refractivity contribution in [3.63, 3.8) is 0 Å². The highest BCUT2D eigenvalue weighted by Gasteiger charge is 1.98. The van der Waals surface area contributed by atoms with Crippen molar-refractivity contribution in [2.45, 2.75) is 25.9 Å². The van der Waals surface area contributed by atoms with Crippen LogP contribution in [0.2, 0.25) is 5.02 Å². The zero-order chi connectivity index (χ0) is 10.4. The fourth-order valence-electron chi connectivity index (χ4n) is 1.14. The van der Waals surface area contributed by atoms with E-state index in [2.05, 4.69) is 18.2 Å². The van der Waals surface area contributed by atoms with Crippen LogP contribution in [0.1, 0.15) is 18.9 Å². The first-order valence-corrected chi connectivity index (χ1v) is 5.01. The first-order valence-electron chi connectivity index (χ1n) is 4.63. The van der Waals surface area contributed by atoms with E-state index in [1.807, 2.05) is 24.3 Å². The minimum Gasteiger partial charge on any atom is -0.309 e. The molecule has 0 radical (unpaired) electrons. The van der Waals surface area contributed by atoms with Crippen LogP contribution in [0.4, 0.5) is 0 Å². The third-order valence-corrected chi connectivity index (χ3v) is 2.24. The molecule has 1 N–H and O–H groups in total. The second-order valence-corrected chi connectivity index (χ2v) is 3.75. The number of hydrogen-bond acceptors (Lipinski definition) is 1. The van der Waals surface area contributed by atoms with Crippen molar-refractivity contribution in [1.82, 2.24) is 5.32 Å². The van der Waals surface area contributed by atoms with Crippen LogP contribution in [0.15, 0.2) is 24.3 Å². The van der Waals surface area contributed by atoms with Gasteiger partial charge in [-0.3, -0.25) is 0 Å². The molecule has 1 atom stereocenters. The number of benzene rings is 1. The van der Waals surface area contributed by atoms with Crippen LogP contribution in [0, 0.1) is 12.3 Å². The Labute approximate surface area is 90.5 Å². The van der Waals surface area contributed by atoms with E-state index in [9.17, 15) is 0 Å². The molecule has 74 valence electrons. The molecule has 0 heterocycles. The summed E-state index contributed by atoms with van der Waals surface area (Å²) < 4.78 is 0. The predicted octanol–water partition coefficient (Wildman–Crippen LogP) is 2.84. The lowest BCUT2D eigenvalue weighted by Crippen LogP contribution is -2.24. The molecule has 0 amide bonds. The number of nitrogens with one attached hydrogen (secondary N) is 1. The van der Waals surface area contributed by atoms with Crippen molar-refractivity contribution in [1.29, 1.82) is 0 Å². The Balaban J connectivity index is 2.39. The summed E-state index contributed by atoms with van der Waals surface area (Å²) in [6.07, 6.45) is 5.97. The van der Waals surface area contributed by atoms with Gasteiger partial charge in [0, 0.05) is 24.0 Å². The van der Waals surface area contributed by atoms with Crippen molar-refractivity contribution < 1.29 is 0 Å². The molecule has 1 nitrogen and oxygen atoms in total. The van der Waals surface area contributed by atoms with Gasteiger partial charge in [-0.15, -0.1) is 12.3 Å². The van der Waals surface area contributed by atoms with Crippen molar-refractivity contribution in [3.05, 3.63) is 34.9 Å². The molecular weight excluding hydrogens is 194 g/mol. The summed E-state index contributed by atoms with van der Waals surface area (Å²) >= 11 is 5.78. The summed E-state index contributed by atoms with van der Waals surface area (Å²) in [7, 11) is 0. The molecule has 0 aromatic heterocycles. The van der Waals surface area contributed by atoms with Crippen LogP contribution >= 0.6 is 11.6 Å². The summed E-state index contributed by atoms with van der Waals surface area (Å²) in [6.45, 7) is 2.91. The maximum Gasteiger partial charge on any atom is 0.0406 e. The van der Waals surface area contributed by atoms with Crippen LogP contribution < -0.4 is 5.32 Å². The Bertz CT molecular complexity index is 310. The number of halogens is 1. The first kappa shape index (κ1) is 11.1. The van der Waals surface area contributed by atoms with E-state index in [0.29, 0.717) is 6.04 Å². The Hall–Kier alpha value is -0.970. The van der Waals surface area contributed by atoms with Gasteiger partial charge in [0.25, 0.3) is 0 Å². The molecule has 1 aromatic rings. The van der Waals surface area contributed by atoms with E-state index in [-0.39, 0.29) is 0 Å². The molecule has 0 aliphatic rings. The maximum absolute atomic E-state index is 5.78. The molecular formula is C12H14ClN. The smallest absolute Gasteiger partial charge is 0.0406 e. The molecule has 2 heteroatoms. The van der Waals surface area contributed by atoms with Crippen molar-refractivity contribution in [3.8, 4) is 12.3 Å². The predicted molar refractivity (Wildman–Crippen MR) is 61.2 cm³/mol. The Morgan fingerprint density at radius 1 is 1.43 bits per heavy atom. The lowest BCUT2D eigenvalue weighted by molar-refractivity contribution is 0.559. The zero-order valence-electron chi connectivity index (χ0n) is 8.26. The van der Waals surface area contributed by atoms with Gasteiger partial charge in [-0.05, 0) is 24.6 Å². The first-order chi connectivity index (χ1) is 6.72. The van der Waals surface area contributed by atoms with E-state index in [1.165, 1.54) is 5.56 Å². The van der Waals surface area contributed by atoms with E-state index in [0.717, 1.165) is 18.0 Å². The second-order valence-electron chi connectivity index (χ2n) is 3.32. The van der Waals surface area contributed by atoms with Crippen molar-refractivity contribution in [2.75, 3.05) is 0 Å². The van der Waals surface area contributed by atoms with Gasteiger partial charge in [0.2, 0.25) is 0 Å². The monoisotopic (exact) mass is 207 g/mol. The van der Waals surface area contributed by atoms with Crippen LogP contribution in [0.5, 0.6) is 0 Å². The standard InChI is InChI=1S/C12H14ClN/c1-3-4-10(2)14-9-11-5-7-12(13)8-6-11/h1,5-8,10,14H,4,9H2,2H3. The molecule has 0 saturated carbocycles. The summed E-state index contributed by atoms with van der Waals surface area (Å²) in [6, 6.07) is 8.17. The van der Waals surface area contributed by atoms with Gasteiger partial charge in [-0.2, -0.15) is 0 Å². The summed E-state index contributed by atoms with van der Waals surface area (Å²) in [4.78, 5) is 0. The van der Waals surface area contributed by atoms with Crippen molar-refractivity contribution >= 4 is 11.6 Å². The molecule has 0 spiro atoms. The van der Waals surface area contributed by atoms with Crippen molar-refractivity contribution in [2.24, 2.45) is 0 Å². The van der Waals surface area contributed by atoms with Crippen LogP contribution in [-0.2, 0) is 6.54 Å². The van der Waals surface area contributed by atoms with Gasteiger partial charge in [-0.25, -0.2) is 0 Å². The number of rotatable bonds is 4. The fourth-order valence-corrected chi connectivity index (χ4v) is 1.27. The average Bonchev–Trinajstić information content (AvgIpc) is 2.17. The summed E-state index contributed by atoms with van der Waals surface area (Å²) in [5.41, 5.74) is 1.22.